The van der Waals surface area contributed by atoms with Gasteiger partial charge in [-0.05, 0) is 13.8 Å². The molecule has 1 rings (SSSR count). The lowest BCUT2D eigenvalue weighted by Gasteiger charge is -2.02. The van der Waals surface area contributed by atoms with Crippen LogP contribution in [0.25, 0.3) is 6.20 Å². The van der Waals surface area contributed by atoms with Crippen molar-refractivity contribution in [3.63, 3.8) is 0 Å². The first-order valence-corrected chi connectivity index (χ1v) is 4.58. The van der Waals surface area contributed by atoms with Crippen LogP contribution in [0.5, 0.6) is 0 Å². The van der Waals surface area contributed by atoms with Crippen LogP contribution in [-0.2, 0) is 6.42 Å². The van der Waals surface area contributed by atoms with Gasteiger partial charge in [0.05, 0.1) is 5.69 Å². The molecule has 0 amide bonds. The molecule has 0 aromatic carbocycles. The largest absolute Gasteiger partial charge is 0.390 e. The zero-order valence-corrected chi connectivity index (χ0v) is 8.76. The van der Waals surface area contributed by atoms with E-state index in [1.807, 2.05) is 27.1 Å². The minimum atomic E-state index is 0.960. The third-order valence-corrected chi connectivity index (χ3v) is 1.97. The number of hydrogen-bond acceptors (Lipinski definition) is 2. The lowest BCUT2D eigenvalue weighted by molar-refractivity contribution is 0.901. The van der Waals surface area contributed by atoms with E-state index >= 15 is 0 Å². The van der Waals surface area contributed by atoms with E-state index in [-0.39, 0.29) is 0 Å². The average molecular weight is 179 g/mol. The highest BCUT2D eigenvalue weighted by molar-refractivity contribution is 5.31. The van der Waals surface area contributed by atoms with E-state index in [9.17, 15) is 0 Å². The van der Waals surface area contributed by atoms with Gasteiger partial charge in [0.1, 0.15) is 5.82 Å². The summed E-state index contributed by atoms with van der Waals surface area (Å²) in [6.45, 7) is 6.16. The number of imidazole rings is 1. The van der Waals surface area contributed by atoms with Crippen LogP contribution < -0.4 is 5.32 Å². The van der Waals surface area contributed by atoms with E-state index in [2.05, 4.69) is 28.0 Å². The van der Waals surface area contributed by atoms with E-state index in [4.69, 9.17) is 0 Å². The van der Waals surface area contributed by atoms with Crippen molar-refractivity contribution in [2.24, 2.45) is 0 Å². The number of nitrogens with one attached hydrogen (secondary N) is 1. The zero-order valence-electron chi connectivity index (χ0n) is 8.76. The molecule has 3 nitrogen and oxygen atoms in total. The molecule has 1 N–H and O–H groups in total. The Labute approximate surface area is 79.5 Å². The molecule has 0 spiro atoms. The first kappa shape index (κ1) is 9.84. The van der Waals surface area contributed by atoms with Gasteiger partial charge >= 0.3 is 0 Å². The van der Waals surface area contributed by atoms with E-state index in [0.717, 1.165) is 23.6 Å². The molecule has 13 heavy (non-hydrogen) atoms. The second kappa shape index (κ2) is 4.12. The molecule has 72 valence electrons. The third-order valence-electron chi connectivity index (χ3n) is 1.97. The predicted octanol–water partition coefficient (Wildman–Crippen LogP) is 1.79. The van der Waals surface area contributed by atoms with Gasteiger partial charge in [0.25, 0.3) is 0 Å². The Hall–Kier alpha value is -1.25. The van der Waals surface area contributed by atoms with Gasteiger partial charge < -0.3 is 9.88 Å². The second-order valence-corrected chi connectivity index (χ2v) is 3.12. The molecule has 0 bridgehead atoms. The Kier molecular flexibility index (Phi) is 3.12. The van der Waals surface area contributed by atoms with Crippen LogP contribution in [-0.4, -0.2) is 16.6 Å². The van der Waals surface area contributed by atoms with Crippen molar-refractivity contribution in [3.05, 3.63) is 23.4 Å². The summed E-state index contributed by atoms with van der Waals surface area (Å²) in [5.74, 6) is 1.10. The smallest absolute Gasteiger partial charge is 0.112 e. The number of allylic oxidation sites excluding steroid dienone is 1. The molecule has 0 saturated heterocycles. The van der Waals surface area contributed by atoms with Gasteiger partial charge in [-0.1, -0.05) is 6.92 Å². The van der Waals surface area contributed by atoms with Crippen LogP contribution >= 0.6 is 0 Å². The Balaban J connectivity index is 2.99. The second-order valence-electron chi connectivity index (χ2n) is 3.12. The number of aryl methyl sites for hydroxylation is 2. The van der Waals surface area contributed by atoms with Gasteiger partial charge in [-0.15, -0.1) is 0 Å². The highest BCUT2D eigenvalue weighted by Gasteiger charge is 2.00. The summed E-state index contributed by atoms with van der Waals surface area (Å²) in [4.78, 5) is 4.41. The molecule has 1 heterocycles. The maximum atomic E-state index is 4.41. The molecule has 0 aliphatic rings. The Morgan fingerprint density at radius 1 is 1.69 bits per heavy atom. The fourth-order valence-corrected chi connectivity index (χ4v) is 1.21. The molecule has 1 aromatic heterocycles. The first-order valence-electron chi connectivity index (χ1n) is 4.58. The third kappa shape index (κ3) is 2.34. The van der Waals surface area contributed by atoms with Gasteiger partial charge in [-0.3, -0.25) is 0 Å². The normalized spacial score (nSPS) is 11.8. The summed E-state index contributed by atoms with van der Waals surface area (Å²) in [7, 11) is 1.92. The fraction of sp³-hybridized carbons (Fsp3) is 0.500. The van der Waals surface area contributed by atoms with Crippen molar-refractivity contribution in [3.8, 4) is 0 Å². The zero-order chi connectivity index (χ0) is 9.84. The Bertz CT molecular complexity index is 310. The summed E-state index contributed by atoms with van der Waals surface area (Å²) >= 11 is 0. The van der Waals surface area contributed by atoms with Crippen LogP contribution in [0.1, 0.15) is 25.4 Å². The minimum Gasteiger partial charge on any atom is -0.390 e. The summed E-state index contributed by atoms with van der Waals surface area (Å²) in [5.41, 5.74) is 2.20. The number of rotatable bonds is 3. The molecule has 0 fully saturated rings. The van der Waals surface area contributed by atoms with Gasteiger partial charge in [-0.25, -0.2) is 4.98 Å². The standard InChI is InChI=1S/C10H17N3/c1-5-10-12-9(3)7-13(10)6-8(2)11-4/h6-7,11H,5H2,1-4H3/b8-6-. The van der Waals surface area contributed by atoms with Crippen molar-refractivity contribution in [1.29, 1.82) is 0 Å². The number of hydrogen-bond donors (Lipinski definition) is 1. The van der Waals surface area contributed by atoms with E-state index in [1.54, 1.807) is 0 Å². The highest BCUT2D eigenvalue weighted by Crippen LogP contribution is 2.05. The molecular weight excluding hydrogens is 162 g/mol. The van der Waals surface area contributed by atoms with Gasteiger partial charge in [0.2, 0.25) is 0 Å². The van der Waals surface area contributed by atoms with E-state index < -0.39 is 0 Å². The van der Waals surface area contributed by atoms with Crippen LogP contribution in [0.4, 0.5) is 0 Å². The van der Waals surface area contributed by atoms with Crippen molar-refractivity contribution in [1.82, 2.24) is 14.9 Å². The summed E-state index contributed by atoms with van der Waals surface area (Å²) in [6, 6.07) is 0. The minimum absolute atomic E-state index is 0.960. The fourth-order valence-electron chi connectivity index (χ4n) is 1.21. The van der Waals surface area contributed by atoms with Crippen LogP contribution in [0.15, 0.2) is 11.9 Å². The van der Waals surface area contributed by atoms with Gasteiger partial charge in [-0.2, -0.15) is 0 Å². The van der Waals surface area contributed by atoms with Crippen LogP contribution in [0, 0.1) is 6.92 Å². The average Bonchev–Trinajstić information content (AvgIpc) is 2.46. The topological polar surface area (TPSA) is 29.9 Å². The van der Waals surface area contributed by atoms with Crippen molar-refractivity contribution >= 4 is 6.20 Å². The van der Waals surface area contributed by atoms with Gasteiger partial charge in [0.15, 0.2) is 0 Å². The van der Waals surface area contributed by atoms with Crippen molar-refractivity contribution in [2.75, 3.05) is 7.05 Å². The SMILES string of the molecule is CCc1nc(C)cn1/C=C(/C)NC. The molecule has 3 heteroatoms. The molecule has 0 aliphatic heterocycles. The molecule has 0 unspecified atom stereocenters. The van der Waals surface area contributed by atoms with Crippen molar-refractivity contribution in [2.45, 2.75) is 27.2 Å². The summed E-state index contributed by atoms with van der Waals surface area (Å²) in [5, 5.41) is 3.09. The van der Waals surface area contributed by atoms with Gasteiger partial charge in [0, 0.05) is 31.6 Å². The molecule has 0 radical (unpaired) electrons. The molecular formula is C10H17N3. The summed E-state index contributed by atoms with van der Waals surface area (Å²) < 4.78 is 2.07. The molecule has 0 atom stereocenters. The number of nitrogens with zero attached hydrogens (tertiary/aromatic N) is 2. The quantitative estimate of drug-likeness (QED) is 0.766. The lowest BCUT2D eigenvalue weighted by atomic mass is 10.4. The molecule has 0 aliphatic carbocycles. The maximum absolute atomic E-state index is 4.41. The van der Waals surface area contributed by atoms with Crippen LogP contribution in [0.2, 0.25) is 0 Å². The molecule has 1 aromatic rings. The summed E-state index contributed by atoms with van der Waals surface area (Å²) in [6.07, 6.45) is 5.06. The Morgan fingerprint density at radius 2 is 2.38 bits per heavy atom. The first-order chi connectivity index (χ1) is 6.17. The van der Waals surface area contributed by atoms with E-state index in [0.29, 0.717) is 0 Å². The van der Waals surface area contributed by atoms with E-state index in [1.165, 1.54) is 0 Å². The monoisotopic (exact) mass is 179 g/mol. The Morgan fingerprint density at radius 3 is 2.92 bits per heavy atom. The lowest BCUT2D eigenvalue weighted by Crippen LogP contribution is -2.04. The highest BCUT2D eigenvalue weighted by atomic mass is 15.1. The number of aromatic nitrogens is 2. The maximum Gasteiger partial charge on any atom is 0.112 e. The molecule has 0 saturated carbocycles. The van der Waals surface area contributed by atoms with Crippen molar-refractivity contribution < 1.29 is 0 Å². The predicted molar refractivity (Wildman–Crippen MR) is 55.3 cm³/mol. The van der Waals surface area contributed by atoms with Crippen LogP contribution in [0.3, 0.4) is 0 Å².